The lowest BCUT2D eigenvalue weighted by Crippen LogP contribution is -2.42. The van der Waals surface area contributed by atoms with Crippen molar-refractivity contribution in [1.29, 1.82) is 0 Å². The van der Waals surface area contributed by atoms with Gasteiger partial charge in [-0.25, -0.2) is 4.79 Å². The van der Waals surface area contributed by atoms with E-state index in [4.69, 9.17) is 15.6 Å². The Balaban J connectivity index is 4.23. The Hall–Kier alpha value is -0.870. The summed E-state index contributed by atoms with van der Waals surface area (Å²) in [5.74, 6) is -1.05. The molecule has 0 fully saturated rings. The van der Waals surface area contributed by atoms with Gasteiger partial charge < -0.3 is 15.6 Å². The van der Waals surface area contributed by atoms with Gasteiger partial charge in [-0.2, -0.15) is 0 Å². The van der Waals surface area contributed by atoms with E-state index in [2.05, 4.69) is 0 Å². The number of carbonyl (C=O) groups is 1. The number of methoxy groups -OCH3 is 1. The van der Waals surface area contributed by atoms with Crippen LogP contribution in [0.1, 0.15) is 13.8 Å². The standard InChI is InChI=1S/C8H15NO3/c1-6(12-3)4-5-8(2,9)7(10)11/h4-6H,9H2,1-3H3,(H,10,11)/b5-4+. The van der Waals surface area contributed by atoms with Gasteiger partial charge in [-0.15, -0.1) is 0 Å². The second-order valence-corrected chi connectivity index (χ2v) is 2.89. The Morgan fingerprint density at radius 2 is 2.25 bits per heavy atom. The third-order valence-corrected chi connectivity index (χ3v) is 1.55. The van der Waals surface area contributed by atoms with Crippen LogP contribution in [-0.2, 0) is 9.53 Å². The summed E-state index contributed by atoms with van der Waals surface area (Å²) >= 11 is 0. The molecule has 0 heterocycles. The second-order valence-electron chi connectivity index (χ2n) is 2.89. The van der Waals surface area contributed by atoms with Crippen molar-refractivity contribution in [2.75, 3.05) is 7.11 Å². The third-order valence-electron chi connectivity index (χ3n) is 1.55. The van der Waals surface area contributed by atoms with E-state index in [0.29, 0.717) is 0 Å². The first-order valence-electron chi connectivity index (χ1n) is 3.64. The molecule has 70 valence electrons. The molecule has 0 radical (unpaired) electrons. The number of rotatable bonds is 4. The SMILES string of the molecule is COC(C)/C=C/C(C)(N)C(=O)O. The molecule has 0 aromatic heterocycles. The Morgan fingerprint density at radius 3 is 2.58 bits per heavy atom. The highest BCUT2D eigenvalue weighted by molar-refractivity contribution is 5.80. The van der Waals surface area contributed by atoms with Crippen molar-refractivity contribution in [2.24, 2.45) is 5.73 Å². The van der Waals surface area contributed by atoms with Crippen LogP contribution in [0.4, 0.5) is 0 Å². The minimum atomic E-state index is -1.31. The molecular formula is C8H15NO3. The summed E-state index contributed by atoms with van der Waals surface area (Å²) < 4.78 is 4.89. The summed E-state index contributed by atoms with van der Waals surface area (Å²) in [6.07, 6.45) is 2.92. The predicted octanol–water partition coefficient (Wildman–Crippen LogP) is 0.379. The molecule has 0 bridgehead atoms. The van der Waals surface area contributed by atoms with Crippen LogP contribution >= 0.6 is 0 Å². The van der Waals surface area contributed by atoms with E-state index in [1.807, 2.05) is 0 Å². The van der Waals surface area contributed by atoms with Crippen LogP contribution in [0.3, 0.4) is 0 Å². The molecule has 0 amide bonds. The van der Waals surface area contributed by atoms with E-state index in [-0.39, 0.29) is 6.10 Å². The van der Waals surface area contributed by atoms with Gasteiger partial charge in [0.05, 0.1) is 6.10 Å². The normalized spacial score (nSPS) is 19.0. The number of hydrogen-bond acceptors (Lipinski definition) is 3. The quantitative estimate of drug-likeness (QED) is 0.603. The fourth-order valence-electron chi connectivity index (χ4n) is 0.485. The average molecular weight is 173 g/mol. The van der Waals surface area contributed by atoms with Crippen LogP contribution in [0.15, 0.2) is 12.2 Å². The topological polar surface area (TPSA) is 72.5 Å². The van der Waals surface area contributed by atoms with Crippen LogP contribution in [0, 0.1) is 0 Å². The van der Waals surface area contributed by atoms with E-state index >= 15 is 0 Å². The van der Waals surface area contributed by atoms with Crippen LogP contribution in [0.2, 0.25) is 0 Å². The summed E-state index contributed by atoms with van der Waals surface area (Å²) in [5.41, 5.74) is 4.11. The summed E-state index contributed by atoms with van der Waals surface area (Å²) in [5, 5.41) is 8.61. The van der Waals surface area contributed by atoms with Crippen LogP contribution in [0.5, 0.6) is 0 Å². The number of carboxylic acid groups (broad SMARTS) is 1. The zero-order valence-electron chi connectivity index (χ0n) is 7.57. The van der Waals surface area contributed by atoms with Crippen molar-refractivity contribution in [3.63, 3.8) is 0 Å². The molecule has 0 aliphatic carbocycles. The zero-order valence-corrected chi connectivity index (χ0v) is 7.57. The molecule has 2 unspecified atom stereocenters. The molecular weight excluding hydrogens is 158 g/mol. The minimum Gasteiger partial charge on any atom is -0.480 e. The highest BCUT2D eigenvalue weighted by Crippen LogP contribution is 2.03. The van der Waals surface area contributed by atoms with E-state index in [9.17, 15) is 4.79 Å². The largest absolute Gasteiger partial charge is 0.480 e. The first-order chi connectivity index (χ1) is 5.40. The van der Waals surface area contributed by atoms with Crippen molar-refractivity contribution >= 4 is 5.97 Å². The smallest absolute Gasteiger partial charge is 0.327 e. The summed E-state index contributed by atoms with van der Waals surface area (Å²) in [7, 11) is 1.55. The molecule has 0 spiro atoms. The van der Waals surface area contributed by atoms with Gasteiger partial charge >= 0.3 is 5.97 Å². The van der Waals surface area contributed by atoms with E-state index in [1.54, 1.807) is 20.1 Å². The number of nitrogens with two attached hydrogens (primary N) is 1. The highest BCUT2D eigenvalue weighted by Gasteiger charge is 2.23. The first-order valence-corrected chi connectivity index (χ1v) is 3.64. The Morgan fingerprint density at radius 1 is 1.75 bits per heavy atom. The van der Waals surface area contributed by atoms with Gasteiger partial charge in [-0.1, -0.05) is 12.2 Å². The molecule has 0 saturated heterocycles. The maximum atomic E-state index is 10.5. The van der Waals surface area contributed by atoms with Gasteiger partial charge in [0.1, 0.15) is 5.54 Å². The maximum absolute atomic E-state index is 10.5. The van der Waals surface area contributed by atoms with Gasteiger partial charge in [0.25, 0.3) is 0 Å². The highest BCUT2D eigenvalue weighted by atomic mass is 16.5. The van der Waals surface area contributed by atoms with Gasteiger partial charge in [0.2, 0.25) is 0 Å². The average Bonchev–Trinajstić information content (AvgIpc) is 2.00. The third kappa shape index (κ3) is 3.50. The van der Waals surface area contributed by atoms with Crippen molar-refractivity contribution in [2.45, 2.75) is 25.5 Å². The Kier molecular flexibility index (Phi) is 3.92. The summed E-state index contributed by atoms with van der Waals surface area (Å²) in [6, 6.07) is 0. The molecule has 4 nitrogen and oxygen atoms in total. The van der Waals surface area contributed by atoms with Gasteiger partial charge in [0, 0.05) is 7.11 Å². The van der Waals surface area contributed by atoms with Crippen molar-refractivity contribution < 1.29 is 14.6 Å². The van der Waals surface area contributed by atoms with E-state index in [1.165, 1.54) is 13.0 Å². The maximum Gasteiger partial charge on any atom is 0.327 e. The van der Waals surface area contributed by atoms with Gasteiger partial charge in [0.15, 0.2) is 0 Å². The molecule has 0 aliphatic rings. The second kappa shape index (κ2) is 4.23. The van der Waals surface area contributed by atoms with Crippen LogP contribution in [-0.4, -0.2) is 29.8 Å². The predicted molar refractivity (Wildman–Crippen MR) is 45.8 cm³/mol. The van der Waals surface area contributed by atoms with Gasteiger partial charge in [-0.05, 0) is 13.8 Å². The minimum absolute atomic E-state index is 0.118. The van der Waals surface area contributed by atoms with Crippen molar-refractivity contribution in [1.82, 2.24) is 0 Å². The Bertz CT molecular complexity index is 187. The summed E-state index contributed by atoms with van der Waals surface area (Å²) in [6.45, 7) is 3.22. The molecule has 0 aromatic carbocycles. The number of hydrogen-bond donors (Lipinski definition) is 2. The Labute approximate surface area is 72.0 Å². The van der Waals surface area contributed by atoms with E-state index in [0.717, 1.165) is 0 Å². The molecule has 4 heteroatoms. The first kappa shape index (κ1) is 11.1. The molecule has 0 aromatic rings. The number of aliphatic carboxylic acids is 1. The lowest BCUT2D eigenvalue weighted by molar-refractivity contribution is -0.140. The zero-order chi connectivity index (χ0) is 9.78. The van der Waals surface area contributed by atoms with Crippen LogP contribution < -0.4 is 5.73 Å². The molecule has 3 N–H and O–H groups in total. The van der Waals surface area contributed by atoms with Crippen molar-refractivity contribution in [3.05, 3.63) is 12.2 Å². The summed E-state index contributed by atoms with van der Waals surface area (Å²) in [4.78, 5) is 10.5. The molecule has 0 saturated carbocycles. The van der Waals surface area contributed by atoms with Gasteiger partial charge in [-0.3, -0.25) is 0 Å². The lowest BCUT2D eigenvalue weighted by Gasteiger charge is -2.14. The number of carboxylic acids is 1. The lowest BCUT2D eigenvalue weighted by atomic mass is 10.0. The molecule has 0 aliphatic heterocycles. The molecule has 12 heavy (non-hydrogen) atoms. The molecule has 0 rings (SSSR count). The van der Waals surface area contributed by atoms with Crippen LogP contribution in [0.25, 0.3) is 0 Å². The van der Waals surface area contributed by atoms with Crippen molar-refractivity contribution in [3.8, 4) is 0 Å². The number of ether oxygens (including phenoxy) is 1. The van der Waals surface area contributed by atoms with E-state index < -0.39 is 11.5 Å². The monoisotopic (exact) mass is 173 g/mol. The molecule has 2 atom stereocenters. The fourth-order valence-corrected chi connectivity index (χ4v) is 0.485. The fraction of sp³-hybridized carbons (Fsp3) is 0.625.